The van der Waals surface area contributed by atoms with Crippen molar-refractivity contribution in [3.05, 3.63) is 0 Å². The zero-order valence-corrected chi connectivity index (χ0v) is 11.6. The fourth-order valence-corrected chi connectivity index (χ4v) is 2.89. The molecule has 0 heterocycles. The molecule has 1 unspecified atom stereocenters. The van der Waals surface area contributed by atoms with Gasteiger partial charge in [0, 0.05) is 6.04 Å². The summed E-state index contributed by atoms with van der Waals surface area (Å²) in [5.41, 5.74) is 0. The lowest BCUT2D eigenvalue weighted by Gasteiger charge is -2.27. The van der Waals surface area contributed by atoms with Gasteiger partial charge >= 0.3 is 0 Å². The van der Waals surface area contributed by atoms with Crippen molar-refractivity contribution in [2.45, 2.75) is 78.2 Å². The van der Waals surface area contributed by atoms with Crippen LogP contribution in [0.3, 0.4) is 0 Å². The molecule has 0 amide bonds. The fourth-order valence-electron chi connectivity index (χ4n) is 2.89. The van der Waals surface area contributed by atoms with Crippen LogP contribution >= 0.6 is 0 Å². The minimum Gasteiger partial charge on any atom is -0.314 e. The molecule has 1 heteroatoms. The van der Waals surface area contributed by atoms with Crippen LogP contribution in [0, 0.1) is 11.8 Å². The van der Waals surface area contributed by atoms with E-state index in [1.54, 1.807) is 0 Å². The first kappa shape index (κ1) is 14.0. The van der Waals surface area contributed by atoms with E-state index in [1.807, 2.05) is 0 Å². The van der Waals surface area contributed by atoms with Crippen LogP contribution in [0.1, 0.15) is 72.1 Å². The van der Waals surface area contributed by atoms with Crippen LogP contribution in [0.15, 0.2) is 0 Å². The summed E-state index contributed by atoms with van der Waals surface area (Å²) >= 11 is 0. The molecule has 96 valence electrons. The van der Waals surface area contributed by atoms with Crippen LogP contribution in [0.5, 0.6) is 0 Å². The Morgan fingerprint density at radius 3 is 2.38 bits per heavy atom. The first-order valence-electron chi connectivity index (χ1n) is 7.47. The summed E-state index contributed by atoms with van der Waals surface area (Å²) in [5.74, 6) is 1.83. The quantitative estimate of drug-likeness (QED) is 0.678. The van der Waals surface area contributed by atoms with E-state index in [4.69, 9.17) is 0 Å². The molecule has 1 atom stereocenters. The van der Waals surface area contributed by atoms with Gasteiger partial charge < -0.3 is 5.32 Å². The van der Waals surface area contributed by atoms with Crippen LogP contribution in [0.2, 0.25) is 0 Å². The zero-order chi connectivity index (χ0) is 11.8. The SMILES string of the molecule is CCCNC(CCC1CCCCC1)C(C)C. The average Bonchev–Trinajstić information content (AvgIpc) is 2.30. The van der Waals surface area contributed by atoms with Gasteiger partial charge in [-0.3, -0.25) is 0 Å². The van der Waals surface area contributed by atoms with E-state index in [-0.39, 0.29) is 0 Å². The summed E-state index contributed by atoms with van der Waals surface area (Å²) in [7, 11) is 0. The highest BCUT2D eigenvalue weighted by Gasteiger charge is 2.17. The molecule has 1 aliphatic carbocycles. The molecule has 0 aliphatic heterocycles. The van der Waals surface area contributed by atoms with Crippen molar-refractivity contribution in [3.8, 4) is 0 Å². The Hall–Kier alpha value is -0.0400. The Labute approximate surface area is 102 Å². The van der Waals surface area contributed by atoms with Crippen LogP contribution in [0.25, 0.3) is 0 Å². The van der Waals surface area contributed by atoms with Crippen molar-refractivity contribution < 1.29 is 0 Å². The van der Waals surface area contributed by atoms with Crippen LogP contribution in [-0.2, 0) is 0 Å². The van der Waals surface area contributed by atoms with Crippen molar-refractivity contribution in [1.29, 1.82) is 0 Å². The Balaban J connectivity index is 2.19. The normalized spacial score (nSPS) is 20.2. The van der Waals surface area contributed by atoms with Gasteiger partial charge in [-0.2, -0.15) is 0 Å². The van der Waals surface area contributed by atoms with E-state index in [0.29, 0.717) is 0 Å². The summed E-state index contributed by atoms with van der Waals surface area (Å²) in [6.07, 6.45) is 11.6. The van der Waals surface area contributed by atoms with Crippen molar-refractivity contribution in [2.75, 3.05) is 6.54 Å². The van der Waals surface area contributed by atoms with Gasteiger partial charge in [0.2, 0.25) is 0 Å². The molecule has 1 rings (SSSR count). The molecule has 16 heavy (non-hydrogen) atoms. The Bertz CT molecular complexity index is 159. The largest absolute Gasteiger partial charge is 0.314 e. The summed E-state index contributed by atoms with van der Waals surface area (Å²) < 4.78 is 0. The van der Waals surface area contributed by atoms with E-state index in [9.17, 15) is 0 Å². The number of hydrogen-bond acceptors (Lipinski definition) is 1. The van der Waals surface area contributed by atoms with Crippen molar-refractivity contribution in [3.63, 3.8) is 0 Å². The fraction of sp³-hybridized carbons (Fsp3) is 1.00. The van der Waals surface area contributed by atoms with Gasteiger partial charge in [-0.25, -0.2) is 0 Å². The smallest absolute Gasteiger partial charge is 0.00901 e. The third-order valence-electron chi connectivity index (χ3n) is 4.07. The van der Waals surface area contributed by atoms with Gasteiger partial charge in [-0.15, -0.1) is 0 Å². The highest BCUT2D eigenvalue weighted by molar-refractivity contribution is 4.74. The topological polar surface area (TPSA) is 12.0 Å². The standard InChI is InChI=1S/C15H31N/c1-4-12-16-15(13(2)3)11-10-14-8-6-5-7-9-14/h13-16H,4-12H2,1-3H3. The molecule has 1 fully saturated rings. The van der Waals surface area contributed by atoms with Crippen LogP contribution in [0.4, 0.5) is 0 Å². The molecule has 1 nitrogen and oxygen atoms in total. The number of hydrogen-bond donors (Lipinski definition) is 1. The maximum Gasteiger partial charge on any atom is 0.00901 e. The molecule has 0 aromatic carbocycles. The zero-order valence-electron chi connectivity index (χ0n) is 11.6. The molecule has 0 aromatic rings. The monoisotopic (exact) mass is 225 g/mol. The van der Waals surface area contributed by atoms with Crippen molar-refractivity contribution in [2.24, 2.45) is 11.8 Å². The average molecular weight is 225 g/mol. The lowest BCUT2D eigenvalue weighted by Crippen LogP contribution is -2.34. The minimum absolute atomic E-state index is 0.752. The molecule has 0 spiro atoms. The number of nitrogens with one attached hydrogen (secondary N) is 1. The Morgan fingerprint density at radius 1 is 1.12 bits per heavy atom. The van der Waals surface area contributed by atoms with Crippen LogP contribution < -0.4 is 5.32 Å². The van der Waals surface area contributed by atoms with Crippen LogP contribution in [-0.4, -0.2) is 12.6 Å². The Morgan fingerprint density at radius 2 is 1.81 bits per heavy atom. The van der Waals surface area contributed by atoms with Gasteiger partial charge in [0.05, 0.1) is 0 Å². The predicted octanol–water partition coefficient (Wildman–Crippen LogP) is 4.37. The molecule has 1 saturated carbocycles. The summed E-state index contributed by atoms with van der Waals surface area (Å²) in [6, 6.07) is 0.752. The Kier molecular flexibility index (Phi) is 7.11. The minimum atomic E-state index is 0.752. The molecule has 1 aliphatic rings. The molecule has 0 radical (unpaired) electrons. The van der Waals surface area contributed by atoms with E-state index < -0.39 is 0 Å². The second-order valence-corrected chi connectivity index (χ2v) is 5.89. The summed E-state index contributed by atoms with van der Waals surface area (Å²) in [4.78, 5) is 0. The maximum atomic E-state index is 3.71. The van der Waals surface area contributed by atoms with E-state index in [0.717, 1.165) is 17.9 Å². The van der Waals surface area contributed by atoms with Gasteiger partial charge in [-0.1, -0.05) is 52.9 Å². The highest BCUT2D eigenvalue weighted by atomic mass is 14.9. The van der Waals surface area contributed by atoms with Crippen molar-refractivity contribution in [1.82, 2.24) is 5.32 Å². The van der Waals surface area contributed by atoms with E-state index >= 15 is 0 Å². The summed E-state index contributed by atoms with van der Waals surface area (Å²) in [5, 5.41) is 3.71. The lowest BCUT2D eigenvalue weighted by molar-refractivity contribution is 0.290. The third-order valence-corrected chi connectivity index (χ3v) is 4.07. The molecule has 0 saturated heterocycles. The highest BCUT2D eigenvalue weighted by Crippen LogP contribution is 2.28. The van der Waals surface area contributed by atoms with Gasteiger partial charge in [-0.05, 0) is 37.6 Å². The van der Waals surface area contributed by atoms with Gasteiger partial charge in [0.15, 0.2) is 0 Å². The van der Waals surface area contributed by atoms with E-state index in [1.165, 1.54) is 57.9 Å². The molecular formula is C15H31N. The lowest BCUT2D eigenvalue weighted by atomic mass is 9.84. The summed E-state index contributed by atoms with van der Waals surface area (Å²) in [6.45, 7) is 8.15. The first-order chi connectivity index (χ1) is 7.74. The molecular weight excluding hydrogens is 194 g/mol. The van der Waals surface area contributed by atoms with E-state index in [2.05, 4.69) is 26.1 Å². The molecule has 0 aromatic heterocycles. The second kappa shape index (κ2) is 8.11. The third kappa shape index (κ3) is 5.34. The second-order valence-electron chi connectivity index (χ2n) is 5.89. The van der Waals surface area contributed by atoms with Gasteiger partial charge in [0.25, 0.3) is 0 Å². The molecule has 1 N–H and O–H groups in total. The van der Waals surface area contributed by atoms with Gasteiger partial charge in [0.1, 0.15) is 0 Å². The molecule has 0 bridgehead atoms. The maximum absolute atomic E-state index is 3.71. The number of rotatable bonds is 7. The van der Waals surface area contributed by atoms with Crippen molar-refractivity contribution >= 4 is 0 Å². The first-order valence-corrected chi connectivity index (χ1v) is 7.47. The predicted molar refractivity (Wildman–Crippen MR) is 72.7 cm³/mol.